The van der Waals surface area contributed by atoms with Gasteiger partial charge in [-0.25, -0.2) is 4.98 Å². The van der Waals surface area contributed by atoms with Crippen molar-refractivity contribution in [1.82, 2.24) is 20.1 Å². The highest BCUT2D eigenvalue weighted by molar-refractivity contribution is 7.11. The van der Waals surface area contributed by atoms with Crippen LogP contribution in [0.25, 0.3) is 0 Å². The largest absolute Gasteiger partial charge is 0.344 e. The number of nitrogens with zero attached hydrogens (tertiary/aromatic N) is 3. The third-order valence-corrected chi connectivity index (χ3v) is 5.12. The first-order valence-electron chi connectivity index (χ1n) is 7.96. The SMILES string of the molecule is CCCc1cc(C(=O)NCc2nc3c(s2)CCCC3)n(C)n1. The van der Waals surface area contributed by atoms with E-state index in [-0.39, 0.29) is 5.91 Å². The smallest absolute Gasteiger partial charge is 0.269 e. The molecule has 0 unspecified atom stereocenters. The van der Waals surface area contributed by atoms with Gasteiger partial charge in [0.2, 0.25) is 0 Å². The van der Waals surface area contributed by atoms with Gasteiger partial charge in [-0.15, -0.1) is 11.3 Å². The van der Waals surface area contributed by atoms with Crippen molar-refractivity contribution in [3.63, 3.8) is 0 Å². The molecule has 0 aromatic carbocycles. The van der Waals surface area contributed by atoms with Crippen LogP contribution >= 0.6 is 11.3 Å². The van der Waals surface area contributed by atoms with Crippen molar-refractivity contribution in [2.45, 2.75) is 52.0 Å². The van der Waals surface area contributed by atoms with Gasteiger partial charge in [-0.1, -0.05) is 13.3 Å². The molecule has 0 bridgehead atoms. The van der Waals surface area contributed by atoms with Crippen molar-refractivity contribution in [3.8, 4) is 0 Å². The molecule has 1 aliphatic carbocycles. The minimum atomic E-state index is -0.0782. The van der Waals surface area contributed by atoms with Crippen LogP contribution in [0.5, 0.6) is 0 Å². The number of aromatic nitrogens is 3. The van der Waals surface area contributed by atoms with Gasteiger partial charge in [0.1, 0.15) is 10.7 Å². The fourth-order valence-electron chi connectivity index (χ4n) is 2.84. The number of hydrogen-bond acceptors (Lipinski definition) is 4. The Balaban J connectivity index is 1.63. The maximum atomic E-state index is 12.3. The van der Waals surface area contributed by atoms with E-state index in [2.05, 4.69) is 22.3 Å². The molecular weight excluding hydrogens is 296 g/mol. The minimum absolute atomic E-state index is 0.0782. The molecule has 0 radical (unpaired) electrons. The molecule has 1 amide bonds. The molecule has 0 fully saturated rings. The number of thiazole rings is 1. The lowest BCUT2D eigenvalue weighted by Crippen LogP contribution is -2.25. The molecule has 1 aliphatic rings. The second-order valence-electron chi connectivity index (χ2n) is 5.76. The number of nitrogens with one attached hydrogen (secondary N) is 1. The zero-order chi connectivity index (χ0) is 15.5. The quantitative estimate of drug-likeness (QED) is 0.922. The van der Waals surface area contributed by atoms with Crippen LogP contribution in [0.1, 0.15) is 57.9 Å². The minimum Gasteiger partial charge on any atom is -0.344 e. The van der Waals surface area contributed by atoms with Crippen molar-refractivity contribution in [2.24, 2.45) is 7.05 Å². The van der Waals surface area contributed by atoms with Crippen LogP contribution in [-0.2, 0) is 32.9 Å². The van der Waals surface area contributed by atoms with Gasteiger partial charge in [0.25, 0.3) is 5.91 Å². The summed E-state index contributed by atoms with van der Waals surface area (Å²) >= 11 is 1.74. The van der Waals surface area contributed by atoms with Gasteiger partial charge in [-0.2, -0.15) is 5.10 Å². The second-order valence-corrected chi connectivity index (χ2v) is 6.93. The van der Waals surface area contributed by atoms with Gasteiger partial charge in [0.15, 0.2) is 0 Å². The molecule has 0 saturated heterocycles. The number of carbonyl (C=O) groups excluding carboxylic acids is 1. The van der Waals surface area contributed by atoms with Crippen molar-refractivity contribution in [2.75, 3.05) is 0 Å². The third-order valence-electron chi connectivity index (χ3n) is 3.96. The highest BCUT2D eigenvalue weighted by Crippen LogP contribution is 2.26. The predicted molar refractivity (Wildman–Crippen MR) is 87.1 cm³/mol. The number of fused-ring (bicyclic) bond motifs is 1. The third kappa shape index (κ3) is 3.21. The molecule has 2 heterocycles. The first-order chi connectivity index (χ1) is 10.7. The zero-order valence-electron chi connectivity index (χ0n) is 13.2. The topological polar surface area (TPSA) is 59.8 Å². The lowest BCUT2D eigenvalue weighted by molar-refractivity contribution is 0.0941. The summed E-state index contributed by atoms with van der Waals surface area (Å²) in [6.45, 7) is 2.61. The van der Waals surface area contributed by atoms with E-state index in [0.717, 1.165) is 36.4 Å². The summed E-state index contributed by atoms with van der Waals surface area (Å²) in [6.07, 6.45) is 6.65. The van der Waals surface area contributed by atoms with Crippen molar-refractivity contribution < 1.29 is 4.79 Å². The number of rotatable bonds is 5. The number of amides is 1. The average molecular weight is 318 g/mol. The molecule has 22 heavy (non-hydrogen) atoms. The molecule has 0 spiro atoms. The fourth-order valence-corrected chi connectivity index (χ4v) is 3.94. The molecule has 0 atom stereocenters. The van der Waals surface area contributed by atoms with Crippen LogP contribution in [0, 0.1) is 0 Å². The number of aryl methyl sites for hydroxylation is 4. The van der Waals surface area contributed by atoms with E-state index in [1.165, 1.54) is 23.4 Å². The monoisotopic (exact) mass is 318 g/mol. The summed E-state index contributed by atoms with van der Waals surface area (Å²) < 4.78 is 1.66. The van der Waals surface area contributed by atoms with Crippen LogP contribution in [0.3, 0.4) is 0 Å². The maximum Gasteiger partial charge on any atom is 0.269 e. The summed E-state index contributed by atoms with van der Waals surface area (Å²) in [4.78, 5) is 18.4. The van der Waals surface area contributed by atoms with Gasteiger partial charge in [-0.05, 0) is 38.2 Å². The summed E-state index contributed by atoms with van der Waals surface area (Å²) in [5.41, 5.74) is 2.83. The summed E-state index contributed by atoms with van der Waals surface area (Å²) in [6, 6.07) is 1.88. The van der Waals surface area contributed by atoms with E-state index in [1.807, 2.05) is 13.1 Å². The molecule has 2 aromatic rings. The van der Waals surface area contributed by atoms with Crippen molar-refractivity contribution in [3.05, 3.63) is 33.0 Å². The predicted octanol–water partition coefficient (Wildman–Crippen LogP) is 2.64. The van der Waals surface area contributed by atoms with Crippen LogP contribution in [0.15, 0.2) is 6.07 Å². The Bertz CT molecular complexity index is 650. The van der Waals surface area contributed by atoms with E-state index >= 15 is 0 Å². The number of hydrogen-bond donors (Lipinski definition) is 1. The van der Waals surface area contributed by atoms with Crippen molar-refractivity contribution in [1.29, 1.82) is 0 Å². The highest BCUT2D eigenvalue weighted by atomic mass is 32.1. The molecule has 6 heteroatoms. The van der Waals surface area contributed by atoms with E-state index in [4.69, 9.17) is 0 Å². The molecule has 5 nitrogen and oxygen atoms in total. The van der Waals surface area contributed by atoms with Gasteiger partial charge in [0, 0.05) is 11.9 Å². The lowest BCUT2D eigenvalue weighted by Gasteiger charge is -2.06. The van der Waals surface area contributed by atoms with Crippen LogP contribution < -0.4 is 5.32 Å². The van der Waals surface area contributed by atoms with Gasteiger partial charge >= 0.3 is 0 Å². The normalized spacial score (nSPS) is 13.9. The lowest BCUT2D eigenvalue weighted by atomic mass is 10.0. The Hall–Kier alpha value is -1.69. The average Bonchev–Trinajstić information content (AvgIpc) is 3.08. The van der Waals surface area contributed by atoms with Crippen LogP contribution in [0.4, 0.5) is 0 Å². The zero-order valence-corrected chi connectivity index (χ0v) is 14.0. The second kappa shape index (κ2) is 6.60. The van der Waals surface area contributed by atoms with E-state index in [1.54, 1.807) is 16.0 Å². The van der Waals surface area contributed by atoms with E-state index in [0.29, 0.717) is 12.2 Å². The summed E-state index contributed by atoms with van der Waals surface area (Å²) in [7, 11) is 1.82. The summed E-state index contributed by atoms with van der Waals surface area (Å²) in [5.74, 6) is -0.0782. The Labute approximate surface area is 134 Å². The van der Waals surface area contributed by atoms with Crippen LogP contribution in [-0.4, -0.2) is 20.7 Å². The molecule has 0 aliphatic heterocycles. The molecule has 1 N–H and O–H groups in total. The molecular formula is C16H22N4OS. The Morgan fingerprint density at radius 3 is 3.00 bits per heavy atom. The van der Waals surface area contributed by atoms with E-state index in [9.17, 15) is 4.79 Å². The molecule has 118 valence electrons. The van der Waals surface area contributed by atoms with Gasteiger partial charge in [-0.3, -0.25) is 9.48 Å². The van der Waals surface area contributed by atoms with E-state index < -0.39 is 0 Å². The first kappa shape index (κ1) is 15.2. The van der Waals surface area contributed by atoms with Gasteiger partial charge < -0.3 is 5.32 Å². The van der Waals surface area contributed by atoms with Crippen molar-refractivity contribution >= 4 is 17.2 Å². The Morgan fingerprint density at radius 2 is 2.23 bits per heavy atom. The standard InChI is InChI=1S/C16H22N4OS/c1-3-6-11-9-13(20(2)19-11)16(21)17-10-15-18-12-7-4-5-8-14(12)22-15/h9H,3-8,10H2,1-2H3,(H,17,21). The molecule has 3 rings (SSSR count). The van der Waals surface area contributed by atoms with Crippen LogP contribution in [0.2, 0.25) is 0 Å². The highest BCUT2D eigenvalue weighted by Gasteiger charge is 2.17. The maximum absolute atomic E-state index is 12.3. The first-order valence-corrected chi connectivity index (χ1v) is 8.77. The Kier molecular flexibility index (Phi) is 4.57. The Morgan fingerprint density at radius 1 is 1.41 bits per heavy atom. The molecule has 0 saturated carbocycles. The molecule has 2 aromatic heterocycles. The van der Waals surface area contributed by atoms with Gasteiger partial charge in [0.05, 0.1) is 17.9 Å². The fraction of sp³-hybridized carbons (Fsp3) is 0.562. The number of carbonyl (C=O) groups is 1. The summed E-state index contributed by atoms with van der Waals surface area (Å²) in [5, 5.41) is 8.35.